The van der Waals surface area contributed by atoms with E-state index < -0.39 is 11.7 Å². The van der Waals surface area contributed by atoms with E-state index in [2.05, 4.69) is 10.2 Å². The molecule has 24 heavy (non-hydrogen) atoms. The van der Waals surface area contributed by atoms with E-state index >= 15 is 0 Å². The van der Waals surface area contributed by atoms with Crippen LogP contribution in [0.5, 0.6) is 5.75 Å². The van der Waals surface area contributed by atoms with Gasteiger partial charge in [0.05, 0.1) is 24.0 Å². The van der Waals surface area contributed by atoms with Gasteiger partial charge in [0, 0.05) is 19.1 Å². The van der Waals surface area contributed by atoms with E-state index in [0.29, 0.717) is 5.69 Å². The van der Waals surface area contributed by atoms with Crippen molar-refractivity contribution < 1.29 is 13.9 Å². The molecule has 0 spiro atoms. The van der Waals surface area contributed by atoms with Crippen LogP contribution in [0.4, 0.5) is 15.8 Å². The fourth-order valence-electron chi connectivity index (χ4n) is 3.10. The lowest BCUT2D eigenvalue weighted by Gasteiger charge is -2.22. The van der Waals surface area contributed by atoms with Crippen LogP contribution in [0.1, 0.15) is 16.8 Å². The first-order valence-corrected chi connectivity index (χ1v) is 7.83. The van der Waals surface area contributed by atoms with E-state index in [0.717, 1.165) is 30.9 Å². The van der Waals surface area contributed by atoms with Crippen molar-refractivity contribution in [3.8, 4) is 5.75 Å². The molecule has 0 saturated carbocycles. The minimum absolute atomic E-state index is 0.0896. The van der Waals surface area contributed by atoms with Gasteiger partial charge in [0.2, 0.25) is 0 Å². The molecule has 2 aromatic rings. The average molecular weight is 329 g/mol. The zero-order chi connectivity index (χ0) is 17.1. The Bertz CT molecular complexity index is 751. The Morgan fingerprint density at radius 2 is 2.08 bits per heavy atom. The molecule has 0 aliphatic carbocycles. The summed E-state index contributed by atoms with van der Waals surface area (Å²) >= 11 is 0. The molecule has 0 bridgehead atoms. The third kappa shape index (κ3) is 3.13. The number of para-hydroxylation sites is 2. The van der Waals surface area contributed by atoms with Gasteiger partial charge in [-0.15, -0.1) is 0 Å². The third-order valence-electron chi connectivity index (χ3n) is 4.23. The topological polar surface area (TPSA) is 67.6 Å². The highest BCUT2D eigenvalue weighted by Crippen LogP contribution is 2.31. The van der Waals surface area contributed by atoms with Crippen LogP contribution in [-0.2, 0) is 0 Å². The van der Waals surface area contributed by atoms with Crippen LogP contribution >= 0.6 is 0 Å². The fraction of sp³-hybridized carbons (Fsp3) is 0.278. The fourth-order valence-corrected chi connectivity index (χ4v) is 3.10. The van der Waals surface area contributed by atoms with Crippen LogP contribution in [0.3, 0.4) is 0 Å². The lowest BCUT2D eigenvalue weighted by atomic mass is 10.1. The number of hydrogen-bond donors (Lipinski definition) is 2. The van der Waals surface area contributed by atoms with Crippen molar-refractivity contribution in [1.82, 2.24) is 0 Å². The van der Waals surface area contributed by atoms with E-state index in [-0.39, 0.29) is 11.6 Å². The molecule has 1 unspecified atom stereocenters. The van der Waals surface area contributed by atoms with Gasteiger partial charge in [0.15, 0.2) is 0 Å². The van der Waals surface area contributed by atoms with Crippen LogP contribution < -0.4 is 20.7 Å². The van der Waals surface area contributed by atoms with Crippen molar-refractivity contribution in [2.45, 2.75) is 12.5 Å². The number of nitrogens with one attached hydrogen (secondary N) is 1. The van der Waals surface area contributed by atoms with Gasteiger partial charge in [-0.25, -0.2) is 4.39 Å². The Hall–Kier alpha value is -2.76. The molecule has 6 heteroatoms. The van der Waals surface area contributed by atoms with Gasteiger partial charge in [-0.05, 0) is 30.7 Å². The highest BCUT2D eigenvalue weighted by Gasteiger charge is 2.26. The Kier molecular flexibility index (Phi) is 4.55. The molecule has 1 atom stereocenters. The zero-order valence-electron chi connectivity index (χ0n) is 13.5. The molecule has 1 saturated heterocycles. The van der Waals surface area contributed by atoms with Crippen molar-refractivity contribution in [1.29, 1.82) is 0 Å². The molecule has 1 aliphatic rings. The number of amides is 1. The van der Waals surface area contributed by atoms with Gasteiger partial charge in [0.25, 0.3) is 5.91 Å². The summed E-state index contributed by atoms with van der Waals surface area (Å²) in [5.41, 5.74) is 6.68. The second-order valence-corrected chi connectivity index (χ2v) is 5.77. The molecule has 1 fully saturated rings. The monoisotopic (exact) mass is 329 g/mol. The van der Waals surface area contributed by atoms with Crippen molar-refractivity contribution in [2.24, 2.45) is 5.73 Å². The van der Waals surface area contributed by atoms with Crippen molar-refractivity contribution in [3.63, 3.8) is 0 Å². The number of benzene rings is 2. The highest BCUT2D eigenvalue weighted by atomic mass is 19.1. The van der Waals surface area contributed by atoms with Crippen molar-refractivity contribution >= 4 is 17.3 Å². The van der Waals surface area contributed by atoms with Gasteiger partial charge in [0.1, 0.15) is 11.6 Å². The van der Waals surface area contributed by atoms with Crippen molar-refractivity contribution in [2.75, 3.05) is 30.4 Å². The zero-order valence-corrected chi connectivity index (χ0v) is 13.5. The number of nitrogens with two attached hydrogens (primary N) is 1. The molecular formula is C18H20FN3O2. The summed E-state index contributed by atoms with van der Waals surface area (Å²) < 4.78 is 19.3. The largest absolute Gasteiger partial charge is 0.495 e. The molecule has 3 rings (SSSR count). The Morgan fingerprint density at radius 3 is 2.83 bits per heavy atom. The van der Waals surface area contributed by atoms with E-state index in [4.69, 9.17) is 10.5 Å². The summed E-state index contributed by atoms with van der Waals surface area (Å²) in [6.07, 6.45) is 0.868. The third-order valence-corrected chi connectivity index (χ3v) is 4.23. The molecule has 2 aromatic carbocycles. The summed E-state index contributed by atoms with van der Waals surface area (Å²) in [6.45, 7) is 1.58. The van der Waals surface area contributed by atoms with Gasteiger partial charge in [-0.3, -0.25) is 4.79 Å². The maximum Gasteiger partial charge on any atom is 0.253 e. The predicted molar refractivity (Wildman–Crippen MR) is 92.2 cm³/mol. The molecule has 1 aliphatic heterocycles. The second-order valence-electron chi connectivity index (χ2n) is 5.77. The maximum absolute atomic E-state index is 13.8. The van der Waals surface area contributed by atoms with Crippen molar-refractivity contribution in [3.05, 3.63) is 53.8 Å². The number of ether oxygens (including phenoxy) is 1. The Labute approximate surface area is 140 Å². The molecule has 5 nitrogen and oxygen atoms in total. The number of carbonyl (C=O) groups excluding carboxylic acids is 1. The maximum atomic E-state index is 13.8. The number of anilines is 2. The van der Waals surface area contributed by atoms with Gasteiger partial charge < -0.3 is 20.7 Å². The summed E-state index contributed by atoms with van der Waals surface area (Å²) in [5.74, 6) is -0.552. The first-order chi connectivity index (χ1) is 11.6. The van der Waals surface area contributed by atoms with Gasteiger partial charge in [-0.1, -0.05) is 18.2 Å². The standard InChI is InChI=1S/C18H20FN3O2/c1-24-16-8-3-2-7-15(16)22-10-9-12(11-22)21-14-6-4-5-13(19)17(14)18(20)23/h2-8,12,21H,9-11H2,1H3,(H2,20,23). The lowest BCUT2D eigenvalue weighted by molar-refractivity contribution is 0.0997. The summed E-state index contributed by atoms with van der Waals surface area (Å²) in [5, 5.41) is 3.25. The number of nitrogens with zero attached hydrogens (tertiary/aromatic N) is 1. The van der Waals surface area contributed by atoms with E-state index in [1.807, 2.05) is 24.3 Å². The minimum Gasteiger partial charge on any atom is -0.495 e. The smallest absolute Gasteiger partial charge is 0.253 e. The van der Waals surface area contributed by atoms with E-state index in [1.54, 1.807) is 19.2 Å². The minimum atomic E-state index is -0.768. The molecular weight excluding hydrogens is 309 g/mol. The summed E-state index contributed by atoms with van der Waals surface area (Å²) in [6, 6.07) is 12.4. The van der Waals surface area contributed by atoms with Crippen LogP contribution in [0.2, 0.25) is 0 Å². The molecule has 126 valence electrons. The molecule has 3 N–H and O–H groups in total. The van der Waals surface area contributed by atoms with Crippen LogP contribution in [0.15, 0.2) is 42.5 Å². The normalized spacial score (nSPS) is 16.9. The number of hydrogen-bond acceptors (Lipinski definition) is 4. The van der Waals surface area contributed by atoms with Crippen LogP contribution in [0.25, 0.3) is 0 Å². The van der Waals surface area contributed by atoms with Gasteiger partial charge >= 0.3 is 0 Å². The van der Waals surface area contributed by atoms with E-state index in [1.165, 1.54) is 6.07 Å². The van der Waals surface area contributed by atoms with E-state index in [9.17, 15) is 9.18 Å². The Morgan fingerprint density at radius 1 is 1.29 bits per heavy atom. The number of carbonyl (C=O) groups is 1. The number of primary amides is 1. The molecule has 1 amide bonds. The second kappa shape index (κ2) is 6.78. The SMILES string of the molecule is COc1ccccc1N1CCC(Nc2cccc(F)c2C(N)=O)C1. The summed E-state index contributed by atoms with van der Waals surface area (Å²) in [4.78, 5) is 13.7. The molecule has 0 radical (unpaired) electrons. The summed E-state index contributed by atoms with van der Waals surface area (Å²) in [7, 11) is 1.65. The number of rotatable bonds is 5. The quantitative estimate of drug-likeness (QED) is 0.885. The van der Waals surface area contributed by atoms with Crippen LogP contribution in [0, 0.1) is 5.82 Å². The average Bonchev–Trinajstić information content (AvgIpc) is 3.03. The highest BCUT2D eigenvalue weighted by molar-refractivity contribution is 5.98. The number of methoxy groups -OCH3 is 1. The van der Waals surface area contributed by atoms with Crippen LogP contribution in [-0.4, -0.2) is 32.1 Å². The number of halogens is 1. The first-order valence-electron chi connectivity index (χ1n) is 7.83. The molecule has 0 aromatic heterocycles. The first kappa shape index (κ1) is 16.1. The Balaban J connectivity index is 1.76. The lowest BCUT2D eigenvalue weighted by Crippen LogP contribution is -2.27. The molecule has 1 heterocycles. The van der Waals surface area contributed by atoms with Gasteiger partial charge in [-0.2, -0.15) is 0 Å². The predicted octanol–water partition coefficient (Wildman–Crippen LogP) is 2.62.